The summed E-state index contributed by atoms with van der Waals surface area (Å²) in [5, 5.41) is 23.3. The third-order valence-electron chi connectivity index (χ3n) is 4.34. The Kier molecular flexibility index (Phi) is 3.46. The maximum absolute atomic E-state index is 11.5. The van der Waals surface area contributed by atoms with Crippen molar-refractivity contribution < 1.29 is 15.0 Å². The third kappa shape index (κ3) is 2.33. The molecule has 0 heterocycles. The van der Waals surface area contributed by atoms with Crippen LogP contribution in [0.25, 0.3) is 0 Å². The van der Waals surface area contributed by atoms with Crippen molar-refractivity contribution in [1.82, 2.24) is 5.32 Å². The van der Waals surface area contributed by atoms with Gasteiger partial charge >= 0.3 is 0 Å². The number of carbonyl (C=O) groups is 1. The van der Waals surface area contributed by atoms with E-state index in [1.54, 1.807) is 0 Å². The van der Waals surface area contributed by atoms with Gasteiger partial charge in [0.1, 0.15) is 0 Å². The molecule has 98 valence electrons. The van der Waals surface area contributed by atoms with Crippen LogP contribution >= 0.6 is 0 Å². The van der Waals surface area contributed by atoms with Crippen LogP contribution in [0.2, 0.25) is 0 Å². The molecule has 1 amide bonds. The van der Waals surface area contributed by atoms with Crippen LogP contribution in [-0.4, -0.2) is 33.4 Å². The number of amides is 1. The van der Waals surface area contributed by atoms with Crippen LogP contribution in [0.4, 0.5) is 0 Å². The molecule has 4 nitrogen and oxygen atoms in total. The zero-order chi connectivity index (χ0) is 12.5. The van der Waals surface area contributed by atoms with Crippen LogP contribution in [-0.2, 0) is 4.79 Å². The molecule has 0 saturated heterocycles. The molecule has 0 aliphatic heterocycles. The molecule has 3 N–H and O–H groups in total. The Morgan fingerprint density at radius 3 is 2.41 bits per heavy atom. The molecule has 0 aromatic rings. The average molecular weight is 241 g/mol. The largest absolute Gasteiger partial charge is 0.387 e. The second-order valence-corrected chi connectivity index (χ2v) is 5.69. The minimum atomic E-state index is -0.950. The van der Waals surface area contributed by atoms with Crippen molar-refractivity contribution in [3.05, 3.63) is 0 Å². The van der Waals surface area contributed by atoms with E-state index >= 15 is 0 Å². The zero-order valence-electron chi connectivity index (χ0n) is 10.5. The van der Waals surface area contributed by atoms with Crippen LogP contribution in [0.5, 0.6) is 0 Å². The molecule has 0 aromatic heterocycles. The lowest BCUT2D eigenvalue weighted by atomic mass is 9.58. The van der Waals surface area contributed by atoms with Crippen molar-refractivity contribution in [3.8, 4) is 0 Å². The fourth-order valence-corrected chi connectivity index (χ4v) is 2.85. The minimum Gasteiger partial charge on any atom is -0.387 e. The molecule has 0 atom stereocenters. The number of hydrogen-bond donors (Lipinski definition) is 3. The summed E-state index contributed by atoms with van der Waals surface area (Å²) in [6.45, 7) is 2.06. The molecular weight excluding hydrogens is 218 g/mol. The highest BCUT2D eigenvalue weighted by Gasteiger charge is 2.59. The number of rotatable bonds is 5. The summed E-state index contributed by atoms with van der Waals surface area (Å²) >= 11 is 0. The van der Waals surface area contributed by atoms with Gasteiger partial charge in [0.15, 0.2) is 0 Å². The lowest BCUT2D eigenvalue weighted by Crippen LogP contribution is -2.68. The maximum atomic E-state index is 11.5. The number of unbranched alkanes of at least 4 members (excludes halogenated alkanes) is 1. The summed E-state index contributed by atoms with van der Waals surface area (Å²) in [7, 11) is 0. The zero-order valence-corrected chi connectivity index (χ0v) is 10.5. The molecule has 2 rings (SSSR count). The standard InChI is InChI=1S/C13H23NO3/c1-2-3-5-11(15)14-10-8-13(17,9-10)12(16)6-4-7-12/h10,16-17H,2-9H2,1H3,(H,14,15). The Morgan fingerprint density at radius 2 is 1.94 bits per heavy atom. The first kappa shape index (κ1) is 12.8. The van der Waals surface area contributed by atoms with Crippen molar-refractivity contribution in [2.24, 2.45) is 0 Å². The van der Waals surface area contributed by atoms with Crippen molar-refractivity contribution in [3.63, 3.8) is 0 Å². The van der Waals surface area contributed by atoms with E-state index in [1.165, 1.54) is 0 Å². The van der Waals surface area contributed by atoms with E-state index in [9.17, 15) is 15.0 Å². The predicted octanol–water partition coefficient (Wildman–Crippen LogP) is 1.10. The van der Waals surface area contributed by atoms with Gasteiger partial charge in [-0.15, -0.1) is 0 Å². The molecule has 17 heavy (non-hydrogen) atoms. The molecule has 2 aliphatic rings. The second-order valence-electron chi connectivity index (χ2n) is 5.69. The van der Waals surface area contributed by atoms with Gasteiger partial charge in [0.05, 0.1) is 11.2 Å². The van der Waals surface area contributed by atoms with Crippen LogP contribution in [0.3, 0.4) is 0 Å². The van der Waals surface area contributed by atoms with Gasteiger partial charge in [-0.05, 0) is 38.5 Å². The summed E-state index contributed by atoms with van der Waals surface area (Å²) in [5.74, 6) is 0.0690. The summed E-state index contributed by atoms with van der Waals surface area (Å²) in [4.78, 5) is 11.5. The predicted molar refractivity (Wildman–Crippen MR) is 64.4 cm³/mol. The average Bonchev–Trinajstić information content (AvgIpc) is 2.20. The van der Waals surface area contributed by atoms with Crippen molar-refractivity contribution >= 4 is 5.91 Å². The molecule has 2 saturated carbocycles. The molecule has 2 aliphatic carbocycles. The Hall–Kier alpha value is -0.610. The first-order chi connectivity index (χ1) is 7.99. The monoisotopic (exact) mass is 241 g/mol. The van der Waals surface area contributed by atoms with Crippen LogP contribution in [0.15, 0.2) is 0 Å². The highest BCUT2D eigenvalue weighted by Crippen LogP contribution is 2.50. The maximum Gasteiger partial charge on any atom is 0.220 e. The number of nitrogens with one attached hydrogen (secondary N) is 1. The van der Waals surface area contributed by atoms with Crippen molar-refractivity contribution in [2.45, 2.75) is 75.5 Å². The molecule has 0 spiro atoms. The summed E-state index contributed by atoms with van der Waals surface area (Å²) in [5.41, 5.74) is -1.83. The van der Waals surface area contributed by atoms with E-state index in [2.05, 4.69) is 12.2 Å². The first-order valence-electron chi connectivity index (χ1n) is 6.73. The molecule has 2 fully saturated rings. The number of carbonyl (C=O) groups excluding carboxylic acids is 1. The smallest absolute Gasteiger partial charge is 0.220 e. The van der Waals surface area contributed by atoms with Gasteiger partial charge in [-0.2, -0.15) is 0 Å². The third-order valence-corrected chi connectivity index (χ3v) is 4.34. The Bertz CT molecular complexity index is 293. The molecule has 0 bridgehead atoms. The SMILES string of the molecule is CCCCC(=O)NC1CC(O)(C2(O)CCC2)C1. The molecule has 0 radical (unpaired) electrons. The highest BCUT2D eigenvalue weighted by molar-refractivity contribution is 5.76. The van der Waals surface area contributed by atoms with E-state index in [4.69, 9.17) is 0 Å². The minimum absolute atomic E-state index is 0.0500. The molecular formula is C13H23NO3. The van der Waals surface area contributed by atoms with Crippen molar-refractivity contribution in [1.29, 1.82) is 0 Å². The topological polar surface area (TPSA) is 69.6 Å². The van der Waals surface area contributed by atoms with Crippen molar-refractivity contribution in [2.75, 3.05) is 0 Å². The summed E-state index contributed by atoms with van der Waals surface area (Å²) in [6, 6.07) is 0.0500. The van der Waals surface area contributed by atoms with Gasteiger partial charge < -0.3 is 15.5 Å². The van der Waals surface area contributed by atoms with Gasteiger partial charge in [-0.25, -0.2) is 0 Å². The van der Waals surface area contributed by atoms with E-state index in [1.807, 2.05) is 0 Å². The van der Waals surface area contributed by atoms with Gasteiger partial charge in [-0.3, -0.25) is 4.79 Å². The van der Waals surface area contributed by atoms with E-state index in [-0.39, 0.29) is 11.9 Å². The van der Waals surface area contributed by atoms with Crippen LogP contribution < -0.4 is 5.32 Å². The second kappa shape index (κ2) is 4.58. The lowest BCUT2D eigenvalue weighted by molar-refractivity contribution is -0.232. The van der Waals surface area contributed by atoms with E-state index in [0.717, 1.165) is 19.3 Å². The Balaban J connectivity index is 1.73. The van der Waals surface area contributed by atoms with Gasteiger partial charge in [0.2, 0.25) is 5.91 Å². The summed E-state index contributed by atoms with van der Waals surface area (Å²) in [6.07, 6.45) is 5.87. The molecule has 0 aromatic carbocycles. The van der Waals surface area contributed by atoms with Crippen LogP contribution in [0, 0.1) is 0 Å². The quantitative estimate of drug-likeness (QED) is 0.675. The fourth-order valence-electron chi connectivity index (χ4n) is 2.85. The lowest BCUT2D eigenvalue weighted by Gasteiger charge is -2.57. The Morgan fingerprint density at radius 1 is 1.29 bits per heavy atom. The highest BCUT2D eigenvalue weighted by atomic mass is 16.4. The molecule has 0 unspecified atom stereocenters. The van der Waals surface area contributed by atoms with Gasteiger partial charge in [0, 0.05) is 12.5 Å². The first-order valence-corrected chi connectivity index (χ1v) is 6.73. The number of aliphatic hydroxyl groups is 2. The fraction of sp³-hybridized carbons (Fsp3) is 0.923. The van der Waals surface area contributed by atoms with Crippen LogP contribution in [0.1, 0.15) is 58.3 Å². The normalized spacial score (nSPS) is 34.6. The Labute approximate surface area is 102 Å². The van der Waals surface area contributed by atoms with Gasteiger partial charge in [0.25, 0.3) is 0 Å². The van der Waals surface area contributed by atoms with E-state index in [0.29, 0.717) is 32.1 Å². The summed E-state index contributed by atoms with van der Waals surface area (Å²) < 4.78 is 0. The number of hydrogen-bond acceptors (Lipinski definition) is 3. The molecule has 4 heteroatoms. The van der Waals surface area contributed by atoms with E-state index < -0.39 is 11.2 Å². The van der Waals surface area contributed by atoms with Gasteiger partial charge in [-0.1, -0.05) is 13.3 Å².